The second-order valence-corrected chi connectivity index (χ2v) is 16.8. The smallest absolute Gasteiger partial charge is 0.310 e. The van der Waals surface area contributed by atoms with Crippen LogP contribution in [0.5, 0.6) is 11.8 Å². The van der Waals surface area contributed by atoms with Gasteiger partial charge in [-0.05, 0) is 74.6 Å². The number of ether oxygens (including phenoxy) is 4. The van der Waals surface area contributed by atoms with Gasteiger partial charge in [-0.3, -0.25) is 14.1 Å². The summed E-state index contributed by atoms with van der Waals surface area (Å²) in [5, 5.41) is 19.1. The summed E-state index contributed by atoms with van der Waals surface area (Å²) in [5.74, 6) is -0.479. The van der Waals surface area contributed by atoms with Crippen molar-refractivity contribution in [1.29, 1.82) is 0 Å². The SMILES string of the molecule is Cc1ccc([C@H](c2ccn3c(C)nnc3c2C)C(C)(C)C(=O)O)cc1CN1CC2(CCOCC2)Oc2nc(OCCN3CCOCC3)ccc2S1(=O)=O. The molecule has 14 nitrogen and oxygen atoms in total. The first-order chi connectivity index (χ1) is 25.3. The predicted molar refractivity (Wildman–Crippen MR) is 195 cm³/mol. The number of pyridine rings is 2. The maximum atomic E-state index is 14.6. The van der Waals surface area contributed by atoms with Crippen molar-refractivity contribution in [3.8, 4) is 11.8 Å². The number of sulfonamides is 1. The number of hydrogen-bond acceptors (Lipinski definition) is 11. The van der Waals surface area contributed by atoms with Crippen LogP contribution < -0.4 is 9.47 Å². The first kappa shape index (κ1) is 37.2. The van der Waals surface area contributed by atoms with E-state index in [0.29, 0.717) is 63.9 Å². The summed E-state index contributed by atoms with van der Waals surface area (Å²) in [6.07, 6.45) is 2.84. The van der Waals surface area contributed by atoms with Crippen LogP contribution in [0.15, 0.2) is 47.5 Å². The highest BCUT2D eigenvalue weighted by Gasteiger charge is 2.46. The number of morpholine rings is 1. The van der Waals surface area contributed by atoms with Gasteiger partial charge in [-0.1, -0.05) is 18.2 Å². The Morgan fingerprint density at radius 2 is 1.75 bits per heavy atom. The van der Waals surface area contributed by atoms with Gasteiger partial charge in [0.05, 0.1) is 38.4 Å². The average molecular weight is 749 g/mol. The molecule has 0 saturated carbocycles. The molecule has 284 valence electrons. The molecular weight excluding hydrogens is 701 g/mol. The lowest BCUT2D eigenvalue weighted by molar-refractivity contribution is -0.147. The Labute approximate surface area is 310 Å². The third-order valence-electron chi connectivity index (χ3n) is 11.0. The van der Waals surface area contributed by atoms with Gasteiger partial charge in [-0.2, -0.15) is 9.29 Å². The summed E-state index contributed by atoms with van der Waals surface area (Å²) in [5.41, 5.74) is 2.61. The minimum Gasteiger partial charge on any atom is -0.481 e. The normalized spacial score (nSPS) is 19.7. The van der Waals surface area contributed by atoms with E-state index in [2.05, 4.69) is 20.1 Å². The Morgan fingerprint density at radius 3 is 2.49 bits per heavy atom. The fourth-order valence-corrected chi connectivity index (χ4v) is 9.20. The largest absolute Gasteiger partial charge is 0.481 e. The molecule has 2 fully saturated rings. The second-order valence-electron chi connectivity index (χ2n) is 14.9. The van der Waals surface area contributed by atoms with E-state index in [9.17, 15) is 18.3 Å². The standard InChI is InChI=1S/C38H48N6O8S/c1-25-6-7-28(33(37(4,5)36(45)46)30-10-13-44-27(3)40-41-34(44)26(30)2)22-29(25)23-43-24-38(11-17-49-18-12-38)52-35-31(53(43,47)48)8-9-32(39-35)51-21-16-42-14-19-50-20-15-42/h6-10,13,22,33H,11-12,14-21,23-24H2,1-5H3,(H,45,46)/t33-/m1/s1. The number of carboxylic acids is 1. The van der Waals surface area contributed by atoms with Gasteiger partial charge in [0.1, 0.15) is 22.9 Å². The fraction of sp³-hybridized carbons (Fsp3) is 0.526. The molecule has 1 aromatic carbocycles. The molecule has 0 unspecified atom stereocenters. The van der Waals surface area contributed by atoms with Gasteiger partial charge in [-0.15, -0.1) is 10.2 Å². The van der Waals surface area contributed by atoms with Crippen LogP contribution in [0.1, 0.15) is 66.2 Å². The van der Waals surface area contributed by atoms with Crippen molar-refractivity contribution in [3.63, 3.8) is 0 Å². The van der Waals surface area contributed by atoms with Crippen molar-refractivity contribution >= 4 is 21.6 Å². The topological polar surface area (TPSA) is 158 Å². The second kappa shape index (κ2) is 14.6. The number of hydrogen-bond donors (Lipinski definition) is 1. The van der Waals surface area contributed by atoms with E-state index in [1.807, 2.05) is 55.6 Å². The minimum atomic E-state index is -4.10. The molecule has 4 aromatic rings. The lowest BCUT2D eigenvalue weighted by Gasteiger charge is -2.38. The van der Waals surface area contributed by atoms with E-state index in [1.165, 1.54) is 10.4 Å². The lowest BCUT2D eigenvalue weighted by Crippen LogP contribution is -2.50. The summed E-state index contributed by atoms with van der Waals surface area (Å²) >= 11 is 0. The maximum absolute atomic E-state index is 14.6. The molecule has 1 N–H and O–H groups in total. The van der Waals surface area contributed by atoms with E-state index < -0.39 is 32.9 Å². The highest BCUT2D eigenvalue weighted by molar-refractivity contribution is 7.89. The van der Waals surface area contributed by atoms with Crippen molar-refractivity contribution < 1.29 is 37.3 Å². The van der Waals surface area contributed by atoms with Crippen molar-refractivity contribution in [2.45, 2.75) is 70.4 Å². The highest BCUT2D eigenvalue weighted by Crippen LogP contribution is 2.44. The van der Waals surface area contributed by atoms with Gasteiger partial charge in [-0.25, -0.2) is 8.42 Å². The zero-order valence-corrected chi connectivity index (χ0v) is 31.8. The molecule has 7 rings (SSSR count). The summed E-state index contributed by atoms with van der Waals surface area (Å²) in [6.45, 7) is 14.3. The number of aromatic nitrogens is 4. The molecule has 2 saturated heterocycles. The van der Waals surface area contributed by atoms with Gasteiger partial charge in [0.2, 0.25) is 21.8 Å². The monoisotopic (exact) mass is 748 g/mol. The quantitative estimate of drug-likeness (QED) is 0.248. The minimum absolute atomic E-state index is 0.0207. The number of benzene rings is 1. The number of carboxylic acid groups (broad SMARTS) is 1. The number of aliphatic carboxylic acids is 1. The van der Waals surface area contributed by atoms with Crippen LogP contribution in [0, 0.1) is 26.2 Å². The van der Waals surface area contributed by atoms with E-state index in [-0.39, 0.29) is 23.9 Å². The van der Waals surface area contributed by atoms with Crippen LogP contribution in [-0.4, -0.2) is 113 Å². The molecule has 0 radical (unpaired) electrons. The van der Waals surface area contributed by atoms with E-state index in [4.69, 9.17) is 18.9 Å². The Kier molecular flexibility index (Phi) is 10.2. The Balaban J connectivity index is 1.24. The van der Waals surface area contributed by atoms with E-state index in [0.717, 1.165) is 46.7 Å². The molecule has 6 heterocycles. The van der Waals surface area contributed by atoms with Gasteiger partial charge in [0.25, 0.3) is 0 Å². The van der Waals surface area contributed by atoms with Crippen molar-refractivity contribution in [1.82, 2.24) is 28.8 Å². The Hall–Kier alpha value is -4.15. The number of nitrogens with zero attached hydrogens (tertiary/aromatic N) is 6. The number of aryl methyl sites for hydroxylation is 3. The van der Waals surface area contributed by atoms with Crippen LogP contribution in [0.3, 0.4) is 0 Å². The molecule has 3 aliphatic rings. The molecule has 3 aliphatic heterocycles. The van der Waals surface area contributed by atoms with Crippen molar-refractivity contribution in [3.05, 3.63) is 76.2 Å². The first-order valence-corrected chi connectivity index (χ1v) is 19.6. The first-order valence-electron chi connectivity index (χ1n) is 18.1. The molecule has 0 bridgehead atoms. The molecule has 1 spiro atoms. The van der Waals surface area contributed by atoms with Gasteiger partial charge < -0.3 is 24.1 Å². The molecule has 1 atom stereocenters. The zero-order valence-electron chi connectivity index (χ0n) is 31.0. The summed E-state index contributed by atoms with van der Waals surface area (Å²) < 4.78 is 56.2. The maximum Gasteiger partial charge on any atom is 0.310 e. The number of carbonyl (C=O) groups is 1. The van der Waals surface area contributed by atoms with Crippen LogP contribution in [0.2, 0.25) is 0 Å². The predicted octanol–water partition coefficient (Wildman–Crippen LogP) is 4.14. The number of fused-ring (bicyclic) bond motifs is 2. The van der Waals surface area contributed by atoms with Gasteiger partial charge in [0, 0.05) is 57.2 Å². The number of rotatable bonds is 10. The van der Waals surface area contributed by atoms with E-state index in [1.54, 1.807) is 19.9 Å². The fourth-order valence-electron chi connectivity index (χ4n) is 7.66. The van der Waals surface area contributed by atoms with E-state index >= 15 is 0 Å². The van der Waals surface area contributed by atoms with Crippen LogP contribution in [0.25, 0.3) is 5.65 Å². The van der Waals surface area contributed by atoms with Crippen LogP contribution in [-0.2, 0) is 30.8 Å². The lowest BCUT2D eigenvalue weighted by atomic mass is 9.70. The summed E-state index contributed by atoms with van der Waals surface area (Å²) in [6, 6.07) is 10.9. The average Bonchev–Trinajstić information content (AvgIpc) is 3.48. The Bertz CT molecular complexity index is 2110. The third-order valence-corrected chi connectivity index (χ3v) is 12.8. The van der Waals surface area contributed by atoms with Crippen LogP contribution >= 0.6 is 0 Å². The highest BCUT2D eigenvalue weighted by atomic mass is 32.2. The summed E-state index contributed by atoms with van der Waals surface area (Å²) in [4.78, 5) is 19.7. The Morgan fingerprint density at radius 1 is 1.02 bits per heavy atom. The zero-order chi connectivity index (χ0) is 37.5. The molecule has 3 aromatic heterocycles. The van der Waals surface area contributed by atoms with Crippen molar-refractivity contribution in [2.24, 2.45) is 5.41 Å². The summed E-state index contributed by atoms with van der Waals surface area (Å²) in [7, 11) is -4.10. The molecule has 0 aliphatic carbocycles. The van der Waals surface area contributed by atoms with Crippen LogP contribution in [0.4, 0.5) is 0 Å². The molecule has 53 heavy (non-hydrogen) atoms. The van der Waals surface area contributed by atoms with Gasteiger partial charge >= 0.3 is 5.97 Å². The van der Waals surface area contributed by atoms with Crippen molar-refractivity contribution in [2.75, 3.05) is 59.2 Å². The molecule has 0 amide bonds. The molecule has 15 heteroatoms. The third kappa shape index (κ3) is 7.24. The van der Waals surface area contributed by atoms with Gasteiger partial charge in [0.15, 0.2) is 5.65 Å². The molecular formula is C38H48N6O8S.